The molecule has 0 fully saturated rings. The zero-order valence-electron chi connectivity index (χ0n) is 8.92. The number of rotatable bonds is 4. The average Bonchev–Trinajstić information content (AvgIpc) is 2.45. The molecule has 0 aliphatic heterocycles. The predicted molar refractivity (Wildman–Crippen MR) is 59.0 cm³/mol. The molecule has 78 valence electrons. The third-order valence-corrected chi connectivity index (χ3v) is 2.96. The zero-order valence-corrected chi connectivity index (χ0v) is 9.74. The van der Waals surface area contributed by atoms with E-state index in [2.05, 4.69) is 6.92 Å². The molecular weight excluding hydrogens is 196 g/mol. The van der Waals surface area contributed by atoms with Crippen molar-refractivity contribution in [2.45, 2.75) is 33.6 Å². The van der Waals surface area contributed by atoms with Gasteiger partial charge in [-0.3, -0.25) is 0 Å². The zero-order chi connectivity index (χ0) is 10.6. The minimum Gasteiger partial charge on any atom is -0.462 e. The Morgan fingerprint density at radius 1 is 1.50 bits per heavy atom. The first-order valence-corrected chi connectivity index (χ1v) is 5.71. The summed E-state index contributed by atoms with van der Waals surface area (Å²) in [5.41, 5.74) is 0.726. The van der Waals surface area contributed by atoms with Gasteiger partial charge in [0.05, 0.1) is 12.2 Å². The number of hydrogen-bond acceptors (Lipinski definition) is 3. The molecule has 0 aromatic carbocycles. The van der Waals surface area contributed by atoms with Crippen molar-refractivity contribution in [3.63, 3.8) is 0 Å². The molecule has 1 rings (SSSR count). The van der Waals surface area contributed by atoms with E-state index in [4.69, 9.17) is 4.74 Å². The van der Waals surface area contributed by atoms with Crippen LogP contribution in [0.15, 0.2) is 6.07 Å². The molecule has 0 atom stereocenters. The van der Waals surface area contributed by atoms with Gasteiger partial charge in [-0.2, -0.15) is 0 Å². The van der Waals surface area contributed by atoms with E-state index in [-0.39, 0.29) is 5.97 Å². The Labute approximate surface area is 88.9 Å². The van der Waals surface area contributed by atoms with Crippen LogP contribution in [0.2, 0.25) is 0 Å². The van der Waals surface area contributed by atoms with E-state index in [9.17, 15) is 4.79 Å². The standard InChI is InChI=1S/C11H16O2S/c1-4-5-6-13-11(12)10-7-8(2)14-9(10)3/h7H,4-6H2,1-3H3. The van der Waals surface area contributed by atoms with Crippen molar-refractivity contribution in [2.24, 2.45) is 0 Å². The Hall–Kier alpha value is -0.830. The first-order chi connectivity index (χ1) is 6.65. The fourth-order valence-corrected chi connectivity index (χ4v) is 2.13. The molecule has 3 heteroatoms. The van der Waals surface area contributed by atoms with Gasteiger partial charge in [0.25, 0.3) is 0 Å². The highest BCUT2D eigenvalue weighted by Gasteiger charge is 2.12. The van der Waals surface area contributed by atoms with E-state index in [1.54, 1.807) is 11.3 Å². The SMILES string of the molecule is CCCCOC(=O)c1cc(C)sc1C. The van der Waals surface area contributed by atoms with Gasteiger partial charge in [0.15, 0.2) is 0 Å². The minimum absolute atomic E-state index is 0.180. The fraction of sp³-hybridized carbons (Fsp3) is 0.545. The van der Waals surface area contributed by atoms with Crippen LogP contribution < -0.4 is 0 Å². The number of thiophene rings is 1. The van der Waals surface area contributed by atoms with Crippen LogP contribution in [0.5, 0.6) is 0 Å². The summed E-state index contributed by atoms with van der Waals surface area (Å²) in [7, 11) is 0. The van der Waals surface area contributed by atoms with E-state index in [1.165, 1.54) is 0 Å². The molecule has 0 amide bonds. The van der Waals surface area contributed by atoms with Crippen LogP contribution in [0.25, 0.3) is 0 Å². The van der Waals surface area contributed by atoms with Gasteiger partial charge in [-0.15, -0.1) is 11.3 Å². The molecule has 0 N–H and O–H groups in total. The molecule has 0 spiro atoms. The van der Waals surface area contributed by atoms with Crippen molar-refractivity contribution in [3.8, 4) is 0 Å². The summed E-state index contributed by atoms with van der Waals surface area (Å²) < 4.78 is 5.13. The Balaban J connectivity index is 2.56. The Morgan fingerprint density at radius 2 is 2.21 bits per heavy atom. The molecular formula is C11H16O2S. The summed E-state index contributed by atoms with van der Waals surface area (Å²) in [5, 5.41) is 0. The quantitative estimate of drug-likeness (QED) is 0.565. The number of esters is 1. The van der Waals surface area contributed by atoms with Gasteiger partial charge in [0, 0.05) is 9.75 Å². The summed E-state index contributed by atoms with van der Waals surface area (Å²) in [4.78, 5) is 13.7. The topological polar surface area (TPSA) is 26.3 Å². The Bertz CT molecular complexity index is 315. The highest BCUT2D eigenvalue weighted by atomic mass is 32.1. The fourth-order valence-electron chi connectivity index (χ4n) is 1.22. The maximum absolute atomic E-state index is 11.5. The molecule has 14 heavy (non-hydrogen) atoms. The van der Waals surface area contributed by atoms with Crippen LogP contribution in [-0.2, 0) is 4.74 Å². The maximum Gasteiger partial charge on any atom is 0.339 e. The van der Waals surface area contributed by atoms with Crippen LogP contribution in [0.3, 0.4) is 0 Å². The monoisotopic (exact) mass is 212 g/mol. The van der Waals surface area contributed by atoms with E-state index < -0.39 is 0 Å². The first kappa shape index (κ1) is 11.2. The Morgan fingerprint density at radius 3 is 2.71 bits per heavy atom. The number of aryl methyl sites for hydroxylation is 2. The minimum atomic E-state index is -0.180. The molecule has 0 radical (unpaired) electrons. The van der Waals surface area contributed by atoms with Gasteiger partial charge in [0.1, 0.15) is 0 Å². The van der Waals surface area contributed by atoms with Crippen LogP contribution >= 0.6 is 11.3 Å². The molecule has 2 nitrogen and oxygen atoms in total. The van der Waals surface area contributed by atoms with E-state index in [1.807, 2.05) is 19.9 Å². The van der Waals surface area contributed by atoms with Crippen molar-refractivity contribution in [1.29, 1.82) is 0 Å². The molecule has 0 aliphatic rings. The van der Waals surface area contributed by atoms with E-state index in [0.29, 0.717) is 6.61 Å². The van der Waals surface area contributed by atoms with Crippen LogP contribution in [-0.4, -0.2) is 12.6 Å². The lowest BCUT2D eigenvalue weighted by molar-refractivity contribution is 0.0499. The van der Waals surface area contributed by atoms with Gasteiger partial charge in [-0.25, -0.2) is 4.79 Å². The van der Waals surface area contributed by atoms with Crippen molar-refractivity contribution in [2.75, 3.05) is 6.61 Å². The van der Waals surface area contributed by atoms with Crippen molar-refractivity contribution in [3.05, 3.63) is 21.4 Å². The summed E-state index contributed by atoms with van der Waals surface area (Å²) in [6.45, 7) is 6.56. The van der Waals surface area contributed by atoms with Crippen LogP contribution in [0, 0.1) is 13.8 Å². The largest absolute Gasteiger partial charge is 0.462 e. The lowest BCUT2D eigenvalue weighted by Crippen LogP contribution is -2.06. The molecule has 0 bridgehead atoms. The van der Waals surface area contributed by atoms with Gasteiger partial charge in [-0.05, 0) is 26.3 Å². The third-order valence-electron chi connectivity index (χ3n) is 1.99. The van der Waals surface area contributed by atoms with Crippen molar-refractivity contribution < 1.29 is 9.53 Å². The predicted octanol–water partition coefficient (Wildman–Crippen LogP) is 3.32. The lowest BCUT2D eigenvalue weighted by Gasteiger charge is -2.02. The van der Waals surface area contributed by atoms with Gasteiger partial charge in [0.2, 0.25) is 0 Å². The molecule has 1 aromatic heterocycles. The molecule has 0 saturated carbocycles. The summed E-state index contributed by atoms with van der Waals surface area (Å²) in [5.74, 6) is -0.180. The van der Waals surface area contributed by atoms with E-state index >= 15 is 0 Å². The molecule has 1 heterocycles. The van der Waals surface area contributed by atoms with Gasteiger partial charge in [-0.1, -0.05) is 13.3 Å². The Kier molecular flexibility index (Phi) is 4.14. The molecule has 1 aromatic rings. The number of carbonyl (C=O) groups excluding carboxylic acids is 1. The smallest absolute Gasteiger partial charge is 0.339 e. The van der Waals surface area contributed by atoms with Crippen molar-refractivity contribution >= 4 is 17.3 Å². The van der Waals surface area contributed by atoms with E-state index in [0.717, 1.165) is 28.2 Å². The molecule has 0 unspecified atom stereocenters. The average molecular weight is 212 g/mol. The lowest BCUT2D eigenvalue weighted by atomic mass is 10.2. The molecule has 0 aliphatic carbocycles. The highest BCUT2D eigenvalue weighted by molar-refractivity contribution is 7.12. The number of hydrogen-bond donors (Lipinski definition) is 0. The first-order valence-electron chi connectivity index (χ1n) is 4.89. The van der Waals surface area contributed by atoms with Gasteiger partial charge < -0.3 is 4.74 Å². The number of ether oxygens (including phenoxy) is 1. The van der Waals surface area contributed by atoms with Crippen LogP contribution in [0.1, 0.15) is 39.9 Å². The maximum atomic E-state index is 11.5. The summed E-state index contributed by atoms with van der Waals surface area (Å²) in [6, 6.07) is 1.90. The third kappa shape index (κ3) is 2.84. The van der Waals surface area contributed by atoms with Crippen LogP contribution in [0.4, 0.5) is 0 Å². The summed E-state index contributed by atoms with van der Waals surface area (Å²) in [6.07, 6.45) is 1.99. The second-order valence-electron chi connectivity index (χ2n) is 3.32. The van der Waals surface area contributed by atoms with Gasteiger partial charge >= 0.3 is 5.97 Å². The number of carbonyl (C=O) groups is 1. The number of unbranched alkanes of at least 4 members (excludes halogenated alkanes) is 1. The summed E-state index contributed by atoms with van der Waals surface area (Å²) >= 11 is 1.64. The second-order valence-corrected chi connectivity index (χ2v) is 4.78. The van der Waals surface area contributed by atoms with Crippen molar-refractivity contribution in [1.82, 2.24) is 0 Å². The second kappa shape index (κ2) is 5.15. The highest BCUT2D eigenvalue weighted by Crippen LogP contribution is 2.21. The normalized spacial score (nSPS) is 10.2. The molecule has 0 saturated heterocycles.